The zero-order valence-electron chi connectivity index (χ0n) is 14.7. The molecule has 1 fully saturated rings. The highest BCUT2D eigenvalue weighted by Gasteiger charge is 2.40. The van der Waals surface area contributed by atoms with E-state index in [1.807, 2.05) is 26.0 Å². The minimum absolute atomic E-state index is 0.106. The zero-order valence-corrected chi connectivity index (χ0v) is 14.7. The number of aromatic nitrogens is 2. The van der Waals surface area contributed by atoms with Crippen molar-refractivity contribution in [3.63, 3.8) is 0 Å². The normalized spacial score (nSPS) is 26.8. The maximum absolute atomic E-state index is 13.1. The lowest BCUT2D eigenvalue weighted by atomic mass is 9.81. The molecule has 0 saturated carbocycles. The molecule has 1 aromatic rings. The van der Waals surface area contributed by atoms with E-state index in [4.69, 9.17) is 4.52 Å². The molecule has 1 amide bonds. The summed E-state index contributed by atoms with van der Waals surface area (Å²) in [4.78, 5) is 30.9. The van der Waals surface area contributed by atoms with Crippen LogP contribution in [0.5, 0.6) is 0 Å². The number of carbonyl (C=O) groups excluding carboxylic acids is 1. The lowest BCUT2D eigenvalue weighted by Crippen LogP contribution is -2.45. The summed E-state index contributed by atoms with van der Waals surface area (Å²) in [6.07, 6.45) is 7.30. The van der Waals surface area contributed by atoms with Crippen LogP contribution >= 0.6 is 0 Å². The van der Waals surface area contributed by atoms with Crippen LogP contribution in [0.4, 0.5) is 0 Å². The van der Waals surface area contributed by atoms with Crippen LogP contribution < -0.4 is 0 Å². The first-order chi connectivity index (χ1) is 12.0. The van der Waals surface area contributed by atoms with Gasteiger partial charge in [-0.25, -0.2) is 0 Å². The highest BCUT2D eigenvalue weighted by molar-refractivity contribution is 5.85. The smallest absolute Gasteiger partial charge is 0.307 e. The van der Waals surface area contributed by atoms with Crippen molar-refractivity contribution < 1.29 is 19.2 Å². The number of nitrogens with zero attached hydrogens (tertiary/aromatic N) is 3. The number of allylic oxidation sites excluding steroid dienone is 2. The molecule has 1 saturated heterocycles. The average molecular weight is 347 g/mol. The average Bonchev–Trinajstić information content (AvgIpc) is 3.11. The Labute approximate surface area is 147 Å². The number of amides is 1. The van der Waals surface area contributed by atoms with Crippen LogP contribution in [0.1, 0.15) is 69.6 Å². The Morgan fingerprint density at radius 3 is 2.60 bits per heavy atom. The van der Waals surface area contributed by atoms with E-state index in [2.05, 4.69) is 10.1 Å². The van der Waals surface area contributed by atoms with Crippen LogP contribution in [-0.4, -0.2) is 38.6 Å². The second-order valence-electron chi connectivity index (χ2n) is 7.18. The molecule has 2 heterocycles. The van der Waals surface area contributed by atoms with Crippen molar-refractivity contribution in [2.24, 2.45) is 11.8 Å². The highest BCUT2D eigenvalue weighted by Crippen LogP contribution is 2.35. The maximum atomic E-state index is 13.1. The fourth-order valence-electron chi connectivity index (χ4n) is 3.64. The van der Waals surface area contributed by atoms with E-state index in [1.165, 1.54) is 0 Å². The number of piperidine rings is 1. The zero-order chi connectivity index (χ0) is 18.0. The van der Waals surface area contributed by atoms with Crippen LogP contribution in [0.25, 0.3) is 0 Å². The predicted octanol–water partition coefficient (Wildman–Crippen LogP) is 2.91. The molecule has 1 N–H and O–H groups in total. The number of likely N-dealkylation sites (tertiary alicyclic amines) is 1. The van der Waals surface area contributed by atoms with E-state index >= 15 is 0 Å². The van der Waals surface area contributed by atoms with E-state index in [0.29, 0.717) is 31.1 Å². The van der Waals surface area contributed by atoms with Crippen LogP contribution in [0.2, 0.25) is 0 Å². The van der Waals surface area contributed by atoms with Gasteiger partial charge in [-0.2, -0.15) is 4.98 Å². The van der Waals surface area contributed by atoms with Crippen molar-refractivity contribution in [1.29, 1.82) is 0 Å². The van der Waals surface area contributed by atoms with Gasteiger partial charge in [-0.05, 0) is 32.1 Å². The highest BCUT2D eigenvalue weighted by atomic mass is 16.5. The SMILES string of the molecule is CC(C)c1noc([C@@H]2CCCCN2C(=O)[C@@H]2CC=CC[C@@H]2C(=O)O)n1. The second-order valence-corrected chi connectivity index (χ2v) is 7.18. The Balaban J connectivity index is 1.83. The van der Waals surface area contributed by atoms with Crippen LogP contribution in [0.15, 0.2) is 16.7 Å². The number of carboxylic acids is 1. The summed E-state index contributed by atoms with van der Waals surface area (Å²) >= 11 is 0. The summed E-state index contributed by atoms with van der Waals surface area (Å²) in [5, 5.41) is 13.5. The van der Waals surface area contributed by atoms with Crippen molar-refractivity contribution in [2.75, 3.05) is 6.54 Å². The number of rotatable bonds is 4. The predicted molar refractivity (Wildman–Crippen MR) is 89.7 cm³/mol. The third-order valence-corrected chi connectivity index (χ3v) is 5.11. The van der Waals surface area contributed by atoms with Crippen LogP contribution in [0.3, 0.4) is 0 Å². The molecule has 2 aliphatic rings. The Bertz CT molecular complexity index is 667. The molecule has 25 heavy (non-hydrogen) atoms. The van der Waals surface area contributed by atoms with E-state index < -0.39 is 17.8 Å². The monoisotopic (exact) mass is 347 g/mol. The summed E-state index contributed by atoms with van der Waals surface area (Å²) in [6, 6.07) is -0.249. The molecule has 0 bridgehead atoms. The van der Waals surface area contributed by atoms with E-state index in [9.17, 15) is 14.7 Å². The van der Waals surface area contributed by atoms with Gasteiger partial charge in [0.25, 0.3) is 0 Å². The van der Waals surface area contributed by atoms with Gasteiger partial charge >= 0.3 is 5.97 Å². The number of carbonyl (C=O) groups is 2. The number of hydrogen-bond acceptors (Lipinski definition) is 5. The summed E-state index contributed by atoms with van der Waals surface area (Å²) in [7, 11) is 0. The van der Waals surface area contributed by atoms with E-state index in [1.54, 1.807) is 4.90 Å². The van der Waals surface area contributed by atoms with Crippen molar-refractivity contribution >= 4 is 11.9 Å². The minimum Gasteiger partial charge on any atom is -0.481 e. The first-order valence-electron chi connectivity index (χ1n) is 9.00. The van der Waals surface area contributed by atoms with Gasteiger partial charge in [-0.3, -0.25) is 9.59 Å². The fraction of sp³-hybridized carbons (Fsp3) is 0.667. The van der Waals surface area contributed by atoms with Gasteiger partial charge in [-0.15, -0.1) is 0 Å². The molecule has 3 rings (SSSR count). The van der Waals surface area contributed by atoms with E-state index in [-0.39, 0.29) is 17.9 Å². The third-order valence-electron chi connectivity index (χ3n) is 5.11. The topological polar surface area (TPSA) is 96.5 Å². The molecule has 1 aliphatic carbocycles. The van der Waals surface area contributed by atoms with Gasteiger partial charge in [0.15, 0.2) is 5.82 Å². The molecule has 136 valence electrons. The first-order valence-corrected chi connectivity index (χ1v) is 9.00. The van der Waals surface area contributed by atoms with Gasteiger partial charge < -0.3 is 14.5 Å². The Kier molecular flexibility index (Phi) is 5.20. The fourth-order valence-corrected chi connectivity index (χ4v) is 3.64. The second kappa shape index (κ2) is 7.37. The molecule has 0 aromatic carbocycles. The molecule has 1 aromatic heterocycles. The maximum Gasteiger partial charge on any atom is 0.307 e. The molecular weight excluding hydrogens is 322 g/mol. The standard InChI is InChI=1S/C18H25N3O4/c1-11(2)15-19-16(25-20-15)14-9-5-6-10-21(14)17(22)12-7-3-4-8-13(12)18(23)24/h3-4,11-14H,5-10H2,1-2H3,(H,23,24)/t12-,13+,14+/m1/s1. The molecule has 0 radical (unpaired) electrons. The van der Waals surface area contributed by atoms with Crippen molar-refractivity contribution in [1.82, 2.24) is 15.0 Å². The van der Waals surface area contributed by atoms with Gasteiger partial charge in [0.1, 0.15) is 6.04 Å². The number of aliphatic carboxylic acids is 1. The summed E-state index contributed by atoms with van der Waals surface area (Å²) in [6.45, 7) is 4.59. The van der Waals surface area contributed by atoms with E-state index in [0.717, 1.165) is 19.3 Å². The largest absolute Gasteiger partial charge is 0.481 e. The lowest BCUT2D eigenvalue weighted by molar-refractivity contribution is -0.152. The molecule has 0 spiro atoms. The van der Waals surface area contributed by atoms with Gasteiger partial charge in [-0.1, -0.05) is 31.2 Å². The third kappa shape index (κ3) is 3.60. The molecule has 7 nitrogen and oxygen atoms in total. The Morgan fingerprint density at radius 1 is 1.24 bits per heavy atom. The number of carboxylic acid groups (broad SMARTS) is 1. The van der Waals surface area contributed by atoms with Crippen molar-refractivity contribution in [3.05, 3.63) is 23.9 Å². The summed E-state index contributed by atoms with van der Waals surface area (Å²) in [5.74, 6) is -0.927. The minimum atomic E-state index is -0.906. The molecular formula is C18H25N3O4. The molecule has 3 atom stereocenters. The Hall–Kier alpha value is -2.18. The van der Waals surface area contributed by atoms with Gasteiger partial charge in [0, 0.05) is 12.5 Å². The lowest BCUT2D eigenvalue weighted by Gasteiger charge is -2.37. The first kappa shape index (κ1) is 17.6. The van der Waals surface area contributed by atoms with Gasteiger partial charge in [0.2, 0.25) is 11.8 Å². The van der Waals surface area contributed by atoms with Crippen LogP contribution in [-0.2, 0) is 9.59 Å². The van der Waals surface area contributed by atoms with Crippen molar-refractivity contribution in [2.45, 2.75) is 57.9 Å². The van der Waals surface area contributed by atoms with Crippen LogP contribution in [0, 0.1) is 11.8 Å². The molecule has 7 heteroatoms. The summed E-state index contributed by atoms with van der Waals surface area (Å²) in [5.41, 5.74) is 0. The Morgan fingerprint density at radius 2 is 1.96 bits per heavy atom. The quantitative estimate of drug-likeness (QED) is 0.841. The summed E-state index contributed by atoms with van der Waals surface area (Å²) < 4.78 is 5.42. The number of hydrogen-bond donors (Lipinski definition) is 1. The molecule has 1 aliphatic heterocycles. The van der Waals surface area contributed by atoms with Crippen molar-refractivity contribution in [3.8, 4) is 0 Å². The molecule has 0 unspecified atom stereocenters. The van der Waals surface area contributed by atoms with Gasteiger partial charge in [0.05, 0.1) is 11.8 Å².